The standard InChI is InChI=1S/C18H24N2O3/c1-3-13-6-4-5-11-19(13)16-12-17(21)20(18(16)22)14-7-9-15(23-2)10-8-14/h7-10,13,16H,3-6,11-12H2,1-2H3/t13-,16-/m1/s1. The van der Waals surface area contributed by atoms with Crippen molar-refractivity contribution < 1.29 is 14.3 Å². The zero-order valence-corrected chi connectivity index (χ0v) is 13.8. The number of piperidine rings is 1. The molecule has 2 amide bonds. The molecule has 0 saturated carbocycles. The average molecular weight is 316 g/mol. The Morgan fingerprint density at radius 1 is 1.17 bits per heavy atom. The number of hydrogen-bond acceptors (Lipinski definition) is 4. The summed E-state index contributed by atoms with van der Waals surface area (Å²) >= 11 is 0. The van der Waals surface area contributed by atoms with Crippen molar-refractivity contribution in [2.45, 2.75) is 51.1 Å². The van der Waals surface area contributed by atoms with Crippen molar-refractivity contribution in [2.75, 3.05) is 18.6 Å². The molecule has 2 fully saturated rings. The maximum Gasteiger partial charge on any atom is 0.251 e. The van der Waals surface area contributed by atoms with Gasteiger partial charge in [-0.25, -0.2) is 4.90 Å². The SMILES string of the molecule is CC[C@@H]1CCCCN1[C@@H]1CC(=O)N(c2ccc(OC)cc2)C1=O. The van der Waals surface area contributed by atoms with Crippen molar-refractivity contribution in [1.29, 1.82) is 0 Å². The summed E-state index contributed by atoms with van der Waals surface area (Å²) in [4.78, 5) is 28.9. The van der Waals surface area contributed by atoms with Crippen LogP contribution in [0.5, 0.6) is 5.75 Å². The number of carbonyl (C=O) groups is 2. The summed E-state index contributed by atoms with van der Waals surface area (Å²) in [5, 5.41) is 0. The first-order chi connectivity index (χ1) is 11.2. The monoisotopic (exact) mass is 316 g/mol. The lowest BCUT2D eigenvalue weighted by Gasteiger charge is -2.38. The molecule has 5 heteroatoms. The number of amides is 2. The van der Waals surface area contributed by atoms with Gasteiger partial charge in [0.2, 0.25) is 5.91 Å². The zero-order chi connectivity index (χ0) is 16.4. The van der Waals surface area contributed by atoms with Gasteiger partial charge in [0, 0.05) is 6.04 Å². The molecule has 124 valence electrons. The molecule has 0 aliphatic carbocycles. The molecular formula is C18H24N2O3. The summed E-state index contributed by atoms with van der Waals surface area (Å²) in [6, 6.07) is 7.21. The second kappa shape index (κ2) is 6.71. The van der Waals surface area contributed by atoms with E-state index in [2.05, 4.69) is 11.8 Å². The highest BCUT2D eigenvalue weighted by molar-refractivity contribution is 6.22. The molecule has 2 atom stereocenters. The van der Waals surface area contributed by atoms with Gasteiger partial charge in [0.25, 0.3) is 5.91 Å². The van der Waals surface area contributed by atoms with E-state index in [4.69, 9.17) is 4.74 Å². The van der Waals surface area contributed by atoms with Crippen LogP contribution in [0.1, 0.15) is 39.0 Å². The number of likely N-dealkylation sites (tertiary alicyclic amines) is 1. The van der Waals surface area contributed by atoms with E-state index < -0.39 is 0 Å². The number of ether oxygens (including phenoxy) is 1. The normalized spacial score (nSPS) is 25.9. The van der Waals surface area contributed by atoms with Crippen LogP contribution in [0.3, 0.4) is 0 Å². The Labute approximate surface area is 137 Å². The molecule has 0 aromatic heterocycles. The summed E-state index contributed by atoms with van der Waals surface area (Å²) in [5.74, 6) is 0.526. The summed E-state index contributed by atoms with van der Waals surface area (Å²) in [5.41, 5.74) is 0.633. The quantitative estimate of drug-likeness (QED) is 0.801. The minimum atomic E-state index is -0.296. The van der Waals surface area contributed by atoms with E-state index in [-0.39, 0.29) is 17.9 Å². The van der Waals surface area contributed by atoms with E-state index in [1.807, 2.05) is 0 Å². The molecule has 2 aliphatic heterocycles. The van der Waals surface area contributed by atoms with Crippen molar-refractivity contribution >= 4 is 17.5 Å². The lowest BCUT2D eigenvalue weighted by Crippen LogP contribution is -2.49. The van der Waals surface area contributed by atoms with Crippen LogP contribution < -0.4 is 9.64 Å². The Hall–Kier alpha value is -1.88. The van der Waals surface area contributed by atoms with E-state index in [0.717, 1.165) is 25.8 Å². The van der Waals surface area contributed by atoms with E-state index in [1.54, 1.807) is 31.4 Å². The van der Waals surface area contributed by atoms with Gasteiger partial charge in [-0.2, -0.15) is 0 Å². The fourth-order valence-electron chi connectivity index (χ4n) is 3.75. The molecule has 1 aromatic rings. The number of anilines is 1. The number of carbonyl (C=O) groups excluding carboxylic acids is 2. The Bertz CT molecular complexity index is 584. The van der Waals surface area contributed by atoms with Crippen LogP contribution in [0, 0.1) is 0 Å². The van der Waals surface area contributed by atoms with Gasteiger partial charge in [0.05, 0.1) is 25.3 Å². The van der Waals surface area contributed by atoms with E-state index >= 15 is 0 Å². The summed E-state index contributed by atoms with van der Waals surface area (Å²) < 4.78 is 5.13. The van der Waals surface area contributed by atoms with Crippen LogP contribution in [-0.2, 0) is 9.59 Å². The minimum Gasteiger partial charge on any atom is -0.497 e. The van der Waals surface area contributed by atoms with Crippen molar-refractivity contribution in [3.8, 4) is 5.75 Å². The zero-order valence-electron chi connectivity index (χ0n) is 13.8. The summed E-state index contributed by atoms with van der Waals surface area (Å²) in [6.45, 7) is 3.07. The Balaban J connectivity index is 1.81. The first-order valence-corrected chi connectivity index (χ1v) is 8.42. The van der Waals surface area contributed by atoms with E-state index in [0.29, 0.717) is 23.9 Å². The Morgan fingerprint density at radius 2 is 1.91 bits per heavy atom. The number of imide groups is 1. The van der Waals surface area contributed by atoms with Gasteiger partial charge < -0.3 is 4.74 Å². The predicted octanol–water partition coefficient (Wildman–Crippen LogP) is 2.59. The Kier molecular flexibility index (Phi) is 4.66. The van der Waals surface area contributed by atoms with Crippen LogP contribution in [0.4, 0.5) is 5.69 Å². The number of methoxy groups -OCH3 is 1. The second-order valence-electron chi connectivity index (χ2n) is 6.28. The maximum absolute atomic E-state index is 12.9. The number of nitrogens with zero attached hydrogens (tertiary/aromatic N) is 2. The van der Waals surface area contributed by atoms with Gasteiger partial charge in [-0.05, 0) is 50.1 Å². The first kappa shape index (κ1) is 16.0. The van der Waals surface area contributed by atoms with Crippen LogP contribution in [0.25, 0.3) is 0 Å². The number of rotatable bonds is 4. The predicted molar refractivity (Wildman–Crippen MR) is 88.5 cm³/mol. The van der Waals surface area contributed by atoms with Gasteiger partial charge in [0.1, 0.15) is 5.75 Å². The van der Waals surface area contributed by atoms with E-state index in [1.165, 1.54) is 11.3 Å². The highest BCUT2D eigenvalue weighted by atomic mass is 16.5. The third-order valence-corrected chi connectivity index (χ3v) is 5.00. The van der Waals surface area contributed by atoms with Crippen LogP contribution >= 0.6 is 0 Å². The smallest absolute Gasteiger partial charge is 0.251 e. The molecule has 0 radical (unpaired) electrons. The highest BCUT2D eigenvalue weighted by Gasteiger charge is 2.44. The van der Waals surface area contributed by atoms with Gasteiger partial charge >= 0.3 is 0 Å². The topological polar surface area (TPSA) is 49.9 Å². The van der Waals surface area contributed by atoms with Crippen LogP contribution in [0.2, 0.25) is 0 Å². The second-order valence-corrected chi connectivity index (χ2v) is 6.28. The maximum atomic E-state index is 12.9. The fourth-order valence-corrected chi connectivity index (χ4v) is 3.75. The Morgan fingerprint density at radius 3 is 2.57 bits per heavy atom. The molecule has 2 heterocycles. The van der Waals surface area contributed by atoms with Gasteiger partial charge in [0.15, 0.2) is 0 Å². The molecule has 2 saturated heterocycles. The van der Waals surface area contributed by atoms with Crippen molar-refractivity contribution in [3.05, 3.63) is 24.3 Å². The molecule has 5 nitrogen and oxygen atoms in total. The molecular weight excluding hydrogens is 292 g/mol. The largest absolute Gasteiger partial charge is 0.497 e. The van der Waals surface area contributed by atoms with Crippen LogP contribution in [0.15, 0.2) is 24.3 Å². The first-order valence-electron chi connectivity index (χ1n) is 8.42. The average Bonchev–Trinajstić information content (AvgIpc) is 2.89. The number of hydrogen-bond donors (Lipinski definition) is 0. The molecule has 23 heavy (non-hydrogen) atoms. The highest BCUT2D eigenvalue weighted by Crippen LogP contribution is 2.31. The van der Waals surface area contributed by atoms with Gasteiger partial charge in [-0.1, -0.05) is 13.3 Å². The lowest BCUT2D eigenvalue weighted by atomic mass is 9.97. The molecule has 0 unspecified atom stereocenters. The van der Waals surface area contributed by atoms with Crippen molar-refractivity contribution in [1.82, 2.24) is 4.90 Å². The summed E-state index contributed by atoms with van der Waals surface area (Å²) in [6.07, 6.45) is 4.77. The van der Waals surface area contributed by atoms with E-state index in [9.17, 15) is 9.59 Å². The van der Waals surface area contributed by atoms with Gasteiger partial charge in [-0.3, -0.25) is 14.5 Å². The molecule has 2 aliphatic rings. The van der Waals surface area contributed by atoms with Gasteiger partial charge in [-0.15, -0.1) is 0 Å². The third-order valence-electron chi connectivity index (χ3n) is 5.00. The molecule has 0 N–H and O–H groups in total. The molecule has 0 bridgehead atoms. The van der Waals surface area contributed by atoms with Crippen LogP contribution in [-0.4, -0.2) is 42.5 Å². The number of benzene rings is 1. The molecule has 0 spiro atoms. The molecule has 1 aromatic carbocycles. The fraction of sp³-hybridized carbons (Fsp3) is 0.556. The summed E-state index contributed by atoms with van der Waals surface area (Å²) in [7, 11) is 1.60. The lowest BCUT2D eigenvalue weighted by molar-refractivity contribution is -0.123. The molecule has 3 rings (SSSR count). The minimum absolute atomic E-state index is 0.0829. The van der Waals surface area contributed by atoms with Crippen molar-refractivity contribution in [2.24, 2.45) is 0 Å². The van der Waals surface area contributed by atoms with Crippen molar-refractivity contribution in [3.63, 3.8) is 0 Å². The third kappa shape index (κ3) is 2.98.